The third-order valence-electron chi connectivity index (χ3n) is 3.63. The molecule has 1 aromatic rings. The van der Waals surface area contributed by atoms with Crippen molar-refractivity contribution in [1.82, 2.24) is 4.98 Å². The molecule has 1 saturated carbocycles. The fraction of sp³-hybridized carbons (Fsp3) is 0.643. The summed E-state index contributed by atoms with van der Waals surface area (Å²) in [6, 6.07) is 0.302. The molecular weight excluding hydrogens is 228 g/mol. The van der Waals surface area contributed by atoms with Crippen LogP contribution in [0.3, 0.4) is 0 Å². The van der Waals surface area contributed by atoms with Crippen molar-refractivity contribution in [1.29, 1.82) is 0 Å². The first-order valence-electron chi connectivity index (χ1n) is 6.48. The Morgan fingerprint density at radius 1 is 1.39 bits per heavy atom. The smallest absolute Gasteiger partial charge is 0.128 e. The Morgan fingerprint density at radius 2 is 2.17 bits per heavy atom. The van der Waals surface area contributed by atoms with Gasteiger partial charge in [-0.3, -0.25) is 4.98 Å². The van der Waals surface area contributed by atoms with Crippen molar-refractivity contribution in [2.45, 2.75) is 51.9 Å². The van der Waals surface area contributed by atoms with E-state index in [1.54, 1.807) is 7.11 Å². The fourth-order valence-corrected chi connectivity index (χ4v) is 2.54. The minimum atomic E-state index is 0.286. The molecule has 1 heterocycles. The molecule has 2 atom stereocenters. The number of pyridine rings is 1. The Kier molecular flexibility index (Phi) is 4.19. The summed E-state index contributed by atoms with van der Waals surface area (Å²) in [5, 5.41) is 0. The summed E-state index contributed by atoms with van der Waals surface area (Å²) in [6.07, 6.45) is 5.21. The number of hydrogen-bond acceptors (Lipinski definition) is 4. The molecule has 1 aliphatic carbocycles. The number of nitrogens with zero attached hydrogens (tertiary/aromatic N) is 1. The van der Waals surface area contributed by atoms with Crippen LogP contribution >= 0.6 is 0 Å². The Labute approximate surface area is 108 Å². The molecule has 0 aromatic carbocycles. The van der Waals surface area contributed by atoms with E-state index >= 15 is 0 Å². The maximum absolute atomic E-state index is 5.88. The number of rotatable bonds is 4. The fourth-order valence-electron chi connectivity index (χ4n) is 2.54. The predicted octanol–water partition coefficient (Wildman–Crippen LogP) is 2.10. The monoisotopic (exact) mass is 250 g/mol. The van der Waals surface area contributed by atoms with Crippen LogP contribution in [0.2, 0.25) is 0 Å². The van der Waals surface area contributed by atoms with Gasteiger partial charge in [0, 0.05) is 23.4 Å². The number of aromatic nitrogens is 1. The molecule has 4 heteroatoms. The van der Waals surface area contributed by atoms with E-state index in [4.69, 9.17) is 15.2 Å². The SMILES string of the molecule is COc1c(C)cnc(COC2CCC(N)C2)c1C. The average molecular weight is 250 g/mol. The van der Waals surface area contributed by atoms with Crippen LogP contribution < -0.4 is 10.5 Å². The van der Waals surface area contributed by atoms with E-state index in [9.17, 15) is 0 Å². The molecule has 0 radical (unpaired) electrons. The maximum Gasteiger partial charge on any atom is 0.128 e. The zero-order valence-corrected chi connectivity index (χ0v) is 11.4. The molecule has 0 aliphatic heterocycles. The van der Waals surface area contributed by atoms with Crippen LogP contribution in [0.5, 0.6) is 5.75 Å². The molecule has 1 fully saturated rings. The highest BCUT2D eigenvalue weighted by Gasteiger charge is 2.22. The van der Waals surface area contributed by atoms with E-state index in [-0.39, 0.29) is 6.10 Å². The van der Waals surface area contributed by atoms with Gasteiger partial charge in [0.05, 0.1) is 25.5 Å². The van der Waals surface area contributed by atoms with Crippen molar-refractivity contribution in [3.8, 4) is 5.75 Å². The number of ether oxygens (including phenoxy) is 2. The largest absolute Gasteiger partial charge is 0.496 e. The van der Waals surface area contributed by atoms with Crippen LogP contribution in [-0.2, 0) is 11.3 Å². The molecule has 0 spiro atoms. The summed E-state index contributed by atoms with van der Waals surface area (Å²) < 4.78 is 11.3. The molecule has 2 rings (SSSR count). The van der Waals surface area contributed by atoms with Gasteiger partial charge in [-0.15, -0.1) is 0 Å². The van der Waals surface area contributed by atoms with Crippen LogP contribution in [0.15, 0.2) is 6.20 Å². The van der Waals surface area contributed by atoms with Crippen LogP contribution in [0.25, 0.3) is 0 Å². The molecular formula is C14H22N2O2. The topological polar surface area (TPSA) is 57.4 Å². The normalized spacial score (nSPS) is 23.3. The number of nitrogens with two attached hydrogens (primary N) is 1. The van der Waals surface area contributed by atoms with Gasteiger partial charge >= 0.3 is 0 Å². The lowest BCUT2D eigenvalue weighted by Gasteiger charge is -2.15. The van der Waals surface area contributed by atoms with Gasteiger partial charge < -0.3 is 15.2 Å². The molecule has 18 heavy (non-hydrogen) atoms. The van der Waals surface area contributed by atoms with Crippen molar-refractivity contribution >= 4 is 0 Å². The van der Waals surface area contributed by atoms with Crippen molar-refractivity contribution in [3.05, 3.63) is 23.0 Å². The van der Waals surface area contributed by atoms with Gasteiger partial charge in [0.2, 0.25) is 0 Å². The summed E-state index contributed by atoms with van der Waals surface area (Å²) in [7, 11) is 1.69. The third-order valence-corrected chi connectivity index (χ3v) is 3.63. The molecule has 100 valence electrons. The van der Waals surface area contributed by atoms with E-state index in [0.29, 0.717) is 12.6 Å². The summed E-state index contributed by atoms with van der Waals surface area (Å²) in [4.78, 5) is 4.43. The van der Waals surface area contributed by atoms with Gasteiger partial charge in [-0.25, -0.2) is 0 Å². The number of methoxy groups -OCH3 is 1. The first-order chi connectivity index (χ1) is 8.61. The second kappa shape index (κ2) is 5.67. The lowest BCUT2D eigenvalue weighted by Crippen LogP contribution is -2.17. The summed E-state index contributed by atoms with van der Waals surface area (Å²) in [5.41, 5.74) is 8.96. The van der Waals surface area contributed by atoms with Gasteiger partial charge in [-0.2, -0.15) is 0 Å². The highest BCUT2D eigenvalue weighted by Crippen LogP contribution is 2.26. The molecule has 4 nitrogen and oxygen atoms in total. The second-order valence-electron chi connectivity index (χ2n) is 5.05. The van der Waals surface area contributed by atoms with E-state index in [0.717, 1.165) is 41.8 Å². The molecule has 1 aromatic heterocycles. The molecule has 2 N–H and O–H groups in total. The Balaban J connectivity index is 2.01. The van der Waals surface area contributed by atoms with Crippen LogP contribution in [0, 0.1) is 13.8 Å². The van der Waals surface area contributed by atoms with Crippen LogP contribution in [0.4, 0.5) is 0 Å². The second-order valence-corrected chi connectivity index (χ2v) is 5.05. The standard InChI is InChI=1S/C14H22N2O2/c1-9-7-16-13(10(2)14(9)17-3)8-18-12-5-4-11(15)6-12/h7,11-12H,4-6,8,15H2,1-3H3. The lowest BCUT2D eigenvalue weighted by molar-refractivity contribution is 0.0425. The van der Waals surface area contributed by atoms with Gasteiger partial charge in [-0.05, 0) is 33.1 Å². The van der Waals surface area contributed by atoms with Crippen molar-refractivity contribution in [2.24, 2.45) is 5.73 Å². The van der Waals surface area contributed by atoms with Crippen LogP contribution in [-0.4, -0.2) is 24.2 Å². The molecule has 1 aliphatic rings. The number of aryl methyl sites for hydroxylation is 1. The summed E-state index contributed by atoms with van der Waals surface area (Å²) in [6.45, 7) is 4.57. The summed E-state index contributed by atoms with van der Waals surface area (Å²) >= 11 is 0. The van der Waals surface area contributed by atoms with Gasteiger partial charge in [-0.1, -0.05) is 0 Å². The zero-order chi connectivity index (χ0) is 13.1. The third kappa shape index (κ3) is 2.82. The first-order valence-corrected chi connectivity index (χ1v) is 6.48. The van der Waals surface area contributed by atoms with E-state index in [1.165, 1.54) is 0 Å². The molecule has 0 amide bonds. The van der Waals surface area contributed by atoms with E-state index < -0.39 is 0 Å². The minimum Gasteiger partial charge on any atom is -0.496 e. The van der Waals surface area contributed by atoms with E-state index in [2.05, 4.69) is 4.98 Å². The lowest BCUT2D eigenvalue weighted by atomic mass is 10.1. The Hall–Kier alpha value is -1.13. The predicted molar refractivity (Wildman–Crippen MR) is 70.7 cm³/mol. The zero-order valence-electron chi connectivity index (χ0n) is 11.4. The Bertz CT molecular complexity index is 421. The van der Waals surface area contributed by atoms with Gasteiger partial charge in [0.15, 0.2) is 0 Å². The first kappa shape index (κ1) is 13.3. The molecule has 2 unspecified atom stereocenters. The van der Waals surface area contributed by atoms with Crippen molar-refractivity contribution < 1.29 is 9.47 Å². The van der Waals surface area contributed by atoms with Crippen molar-refractivity contribution in [3.63, 3.8) is 0 Å². The van der Waals surface area contributed by atoms with Crippen molar-refractivity contribution in [2.75, 3.05) is 7.11 Å². The maximum atomic E-state index is 5.88. The van der Waals surface area contributed by atoms with Gasteiger partial charge in [0.25, 0.3) is 0 Å². The van der Waals surface area contributed by atoms with Gasteiger partial charge in [0.1, 0.15) is 5.75 Å². The number of hydrogen-bond donors (Lipinski definition) is 1. The Morgan fingerprint density at radius 3 is 2.78 bits per heavy atom. The highest BCUT2D eigenvalue weighted by atomic mass is 16.5. The minimum absolute atomic E-state index is 0.286. The van der Waals surface area contributed by atoms with Crippen LogP contribution in [0.1, 0.15) is 36.1 Å². The highest BCUT2D eigenvalue weighted by molar-refractivity contribution is 5.40. The quantitative estimate of drug-likeness (QED) is 0.889. The average Bonchev–Trinajstić information content (AvgIpc) is 2.75. The van der Waals surface area contributed by atoms with E-state index in [1.807, 2.05) is 20.0 Å². The summed E-state index contributed by atoms with van der Waals surface area (Å²) in [5.74, 6) is 0.909. The molecule has 0 saturated heterocycles. The molecule has 0 bridgehead atoms.